The van der Waals surface area contributed by atoms with Gasteiger partial charge in [-0.25, -0.2) is 19.9 Å². The van der Waals surface area contributed by atoms with Crippen molar-refractivity contribution in [3.8, 4) is 0 Å². The molecule has 8 nitrogen and oxygen atoms in total. The molecule has 0 saturated carbocycles. The predicted molar refractivity (Wildman–Crippen MR) is 98.0 cm³/mol. The molecule has 0 bridgehead atoms. The number of H-pyrrole nitrogens is 2. The molecule has 4 rings (SSSR count). The summed E-state index contributed by atoms with van der Waals surface area (Å²) in [6.07, 6.45) is 5.92. The van der Waals surface area contributed by atoms with Crippen LogP contribution in [0.25, 0.3) is 22.3 Å². The van der Waals surface area contributed by atoms with Crippen LogP contribution < -0.4 is 0 Å². The van der Waals surface area contributed by atoms with Crippen LogP contribution in [-0.4, -0.2) is 39.9 Å². The van der Waals surface area contributed by atoms with E-state index >= 15 is 0 Å². The first-order valence-corrected chi connectivity index (χ1v) is 17.9. The van der Waals surface area contributed by atoms with E-state index in [0.717, 1.165) is 11.0 Å². The summed E-state index contributed by atoms with van der Waals surface area (Å²) in [4.78, 5) is 28.9. The Morgan fingerprint density at radius 1 is 0.680 bits per heavy atom. The van der Waals surface area contributed by atoms with E-state index < -0.39 is 11.9 Å². The van der Waals surface area contributed by atoms with Crippen LogP contribution in [0.4, 0.5) is 0 Å². The SMILES string of the molecule is [Cl][Pt+2]([Cl])([Cl])[Cl].[S-]c1ncnc2nc[nH]c12.[S-]c1ncnc2nc[nH]c12. The number of nitrogens with one attached hydrogen (secondary N) is 2. The minimum Gasteiger partial charge on any atom is -0.758 e. The van der Waals surface area contributed by atoms with Crippen LogP contribution >= 0.6 is 37.7 Å². The number of fused-ring (bicyclic) bond motifs is 2. The monoisotopic (exact) mass is 637 g/mol. The number of imidazole rings is 2. The molecule has 0 saturated heterocycles. The van der Waals surface area contributed by atoms with Gasteiger partial charge in [-0.15, -0.1) is 0 Å². The molecule has 0 aromatic carbocycles. The number of rotatable bonds is 0. The zero-order chi connectivity index (χ0) is 18.4. The molecule has 4 aromatic rings. The van der Waals surface area contributed by atoms with Gasteiger partial charge in [-0.2, -0.15) is 0 Å². The normalized spacial score (nSPS) is 11.4. The standard InChI is InChI=1S/2C5H4N4S.4ClH.Pt/c2*10-5-3-4(7-1-6-3)8-2-9-5;;;;;/h2*1-2H,(H2,6,7,8,9,10);4*1H;/q;;;;;;+6/p-6. The van der Waals surface area contributed by atoms with Crippen LogP contribution in [0.2, 0.25) is 0 Å². The van der Waals surface area contributed by atoms with Crippen molar-refractivity contribution in [2.24, 2.45) is 0 Å². The fourth-order valence-electron chi connectivity index (χ4n) is 1.49. The summed E-state index contributed by atoms with van der Waals surface area (Å²) in [6.45, 7) is 0. The van der Waals surface area contributed by atoms with Crippen LogP contribution in [0.1, 0.15) is 0 Å². The fourth-order valence-corrected chi connectivity index (χ4v) is 1.88. The van der Waals surface area contributed by atoms with Gasteiger partial charge in [0.05, 0.1) is 23.7 Å². The van der Waals surface area contributed by atoms with Crippen LogP contribution in [-0.2, 0) is 37.2 Å². The summed E-state index contributed by atoms with van der Waals surface area (Å²) >= 11 is 6.71. The smallest absolute Gasteiger partial charge is 0.178 e. The number of aromatic amines is 2. The summed E-state index contributed by atoms with van der Waals surface area (Å²) in [5, 5.41) is 1.03. The summed E-state index contributed by atoms with van der Waals surface area (Å²) in [5.74, 6) is 0. The first-order chi connectivity index (χ1) is 11.8. The van der Waals surface area contributed by atoms with E-state index in [1.807, 2.05) is 0 Å². The topological polar surface area (TPSA) is 109 Å². The molecule has 0 atom stereocenters. The molecule has 0 aliphatic heterocycles. The maximum Gasteiger partial charge on any atom is 0.178 e. The van der Waals surface area contributed by atoms with Gasteiger partial charge in [0, 0.05) is 0 Å². The van der Waals surface area contributed by atoms with Gasteiger partial charge in [0.1, 0.15) is 12.7 Å². The molecule has 4 aromatic heterocycles. The molecular weight excluding hydrogens is 633 g/mol. The van der Waals surface area contributed by atoms with Crippen LogP contribution in [0, 0.1) is 0 Å². The zero-order valence-electron chi connectivity index (χ0n) is 11.6. The van der Waals surface area contributed by atoms with Crippen molar-refractivity contribution in [2.75, 3.05) is 0 Å². The minimum absolute atomic E-state index is 0.516. The van der Waals surface area contributed by atoms with E-state index in [1.54, 1.807) is 12.7 Å². The van der Waals surface area contributed by atoms with Crippen molar-refractivity contribution in [3.05, 3.63) is 25.3 Å². The third-order valence-electron chi connectivity index (χ3n) is 2.38. The first kappa shape index (κ1) is 20.7. The van der Waals surface area contributed by atoms with Crippen molar-refractivity contribution in [2.45, 2.75) is 10.1 Å². The third-order valence-corrected chi connectivity index (χ3v) is 3.00. The maximum atomic E-state index is 5.01. The maximum absolute atomic E-state index is 5.01. The summed E-state index contributed by atoms with van der Waals surface area (Å²) in [6, 6.07) is 0. The van der Waals surface area contributed by atoms with Crippen molar-refractivity contribution in [1.29, 1.82) is 0 Å². The second-order valence-corrected chi connectivity index (χ2v) is 24.3. The van der Waals surface area contributed by atoms with Gasteiger partial charge in [-0.3, -0.25) is 9.97 Å². The Balaban J connectivity index is 0.000000144. The number of aromatic nitrogens is 8. The Morgan fingerprint density at radius 2 is 1.04 bits per heavy atom. The summed E-state index contributed by atoms with van der Waals surface area (Å²) in [5.41, 5.74) is 2.72. The first-order valence-electron chi connectivity index (χ1n) is 5.85. The molecule has 2 N–H and O–H groups in total. The quantitative estimate of drug-likeness (QED) is 0.223. The fraction of sp³-hybridized carbons (Fsp3) is 0. The Morgan fingerprint density at radius 3 is 1.36 bits per heavy atom. The van der Waals surface area contributed by atoms with Crippen molar-refractivity contribution >= 4 is 85.3 Å². The van der Waals surface area contributed by atoms with E-state index in [2.05, 4.69) is 39.9 Å². The Kier molecular flexibility index (Phi) is 7.75. The van der Waals surface area contributed by atoms with Crippen molar-refractivity contribution in [3.63, 3.8) is 0 Å². The van der Waals surface area contributed by atoms with Gasteiger partial charge in [-0.1, -0.05) is 10.1 Å². The number of halogens is 4. The van der Waals surface area contributed by atoms with Crippen molar-refractivity contribution in [1.82, 2.24) is 39.9 Å². The third kappa shape index (κ3) is 6.90. The zero-order valence-corrected chi connectivity index (χ0v) is 18.6. The van der Waals surface area contributed by atoms with Crippen LogP contribution in [0.15, 0.2) is 35.4 Å². The molecule has 136 valence electrons. The summed E-state index contributed by atoms with van der Waals surface area (Å²) in [7, 11) is 20.0. The molecule has 0 spiro atoms. The molecule has 0 unspecified atom stereocenters. The molecular formula is C10H6Cl4N8PtS2. The van der Waals surface area contributed by atoms with Crippen LogP contribution in [0.5, 0.6) is 0 Å². The molecule has 0 aliphatic rings. The van der Waals surface area contributed by atoms with E-state index in [0.29, 0.717) is 21.3 Å². The van der Waals surface area contributed by atoms with Crippen LogP contribution in [0.3, 0.4) is 0 Å². The second kappa shape index (κ2) is 9.36. The predicted octanol–water partition coefficient (Wildman–Crippen LogP) is 3.27. The molecule has 0 radical (unpaired) electrons. The molecule has 0 fully saturated rings. The van der Waals surface area contributed by atoms with Gasteiger partial charge in [0.15, 0.2) is 11.3 Å². The minimum atomic E-state index is -3.06. The van der Waals surface area contributed by atoms with Crippen molar-refractivity contribution < 1.29 is 11.9 Å². The Bertz CT molecular complexity index is 881. The average Bonchev–Trinajstić information content (AvgIpc) is 3.16. The van der Waals surface area contributed by atoms with Gasteiger partial charge < -0.3 is 35.2 Å². The largest absolute Gasteiger partial charge is 0.758 e. The van der Waals surface area contributed by atoms with Gasteiger partial charge in [-0.05, 0) is 0 Å². The molecule has 0 amide bonds. The van der Waals surface area contributed by atoms with E-state index in [9.17, 15) is 0 Å². The van der Waals surface area contributed by atoms with E-state index in [4.69, 9.17) is 62.9 Å². The number of nitrogens with zero attached hydrogens (tertiary/aromatic N) is 6. The number of hydrogen-bond donors (Lipinski definition) is 2. The Hall–Kier alpha value is -0.612. The summed E-state index contributed by atoms with van der Waals surface area (Å²) < 4.78 is 0. The average molecular weight is 639 g/mol. The number of hydrogen-bond acceptors (Lipinski definition) is 8. The molecule has 0 aliphatic carbocycles. The van der Waals surface area contributed by atoms with Gasteiger partial charge in [0.25, 0.3) is 0 Å². The molecule has 25 heavy (non-hydrogen) atoms. The van der Waals surface area contributed by atoms with E-state index in [1.165, 1.54) is 12.7 Å². The van der Waals surface area contributed by atoms with E-state index in [-0.39, 0.29) is 0 Å². The van der Waals surface area contributed by atoms with Gasteiger partial charge >= 0.3 is 49.6 Å². The van der Waals surface area contributed by atoms with Gasteiger partial charge in [0.2, 0.25) is 0 Å². The second-order valence-electron chi connectivity index (χ2n) is 3.83. The molecule has 15 heteroatoms. The Labute approximate surface area is 171 Å². The molecule has 4 heterocycles.